The second-order valence-corrected chi connectivity index (χ2v) is 7.02. The maximum Gasteiger partial charge on any atom is 0.331 e. The van der Waals surface area contributed by atoms with Crippen LogP contribution in [0.1, 0.15) is 16.1 Å². The SMILES string of the molecule is Cn1c(C(=O)N2CCN(Cc3ccc4c(c3)OCO4)CC2)cc(=O)n(C)c1=O. The van der Waals surface area contributed by atoms with E-state index in [1.165, 1.54) is 24.7 Å². The van der Waals surface area contributed by atoms with E-state index < -0.39 is 11.2 Å². The molecular formula is C19H22N4O5. The fourth-order valence-electron chi connectivity index (χ4n) is 3.51. The Labute approximate surface area is 161 Å². The van der Waals surface area contributed by atoms with E-state index in [4.69, 9.17) is 9.47 Å². The lowest BCUT2D eigenvalue weighted by Gasteiger charge is -2.35. The van der Waals surface area contributed by atoms with Crippen LogP contribution in [0.2, 0.25) is 0 Å². The highest BCUT2D eigenvalue weighted by Crippen LogP contribution is 2.32. The molecule has 9 heteroatoms. The van der Waals surface area contributed by atoms with E-state index in [-0.39, 0.29) is 18.4 Å². The summed E-state index contributed by atoms with van der Waals surface area (Å²) in [5.74, 6) is 1.23. The van der Waals surface area contributed by atoms with E-state index in [2.05, 4.69) is 4.90 Å². The van der Waals surface area contributed by atoms with Crippen LogP contribution in [0.5, 0.6) is 11.5 Å². The minimum absolute atomic E-state index is 0.123. The van der Waals surface area contributed by atoms with Gasteiger partial charge >= 0.3 is 5.69 Å². The zero-order valence-corrected chi connectivity index (χ0v) is 15.9. The van der Waals surface area contributed by atoms with E-state index in [1.807, 2.05) is 18.2 Å². The quantitative estimate of drug-likeness (QED) is 0.725. The highest BCUT2D eigenvalue weighted by Gasteiger charge is 2.25. The van der Waals surface area contributed by atoms with Gasteiger partial charge in [0.1, 0.15) is 5.69 Å². The Morgan fingerprint density at radius 2 is 1.68 bits per heavy atom. The summed E-state index contributed by atoms with van der Waals surface area (Å²) < 4.78 is 13.0. The van der Waals surface area contributed by atoms with Crippen molar-refractivity contribution in [3.63, 3.8) is 0 Å². The number of ether oxygens (including phenoxy) is 2. The third-order valence-electron chi connectivity index (χ3n) is 5.25. The Morgan fingerprint density at radius 3 is 2.43 bits per heavy atom. The average molecular weight is 386 g/mol. The van der Waals surface area contributed by atoms with Crippen molar-refractivity contribution in [3.8, 4) is 11.5 Å². The number of aromatic nitrogens is 2. The van der Waals surface area contributed by atoms with Gasteiger partial charge in [-0.3, -0.25) is 23.6 Å². The number of carbonyl (C=O) groups excluding carboxylic acids is 1. The first-order chi connectivity index (χ1) is 13.4. The molecule has 2 aromatic rings. The Balaban J connectivity index is 1.41. The van der Waals surface area contributed by atoms with Crippen LogP contribution >= 0.6 is 0 Å². The van der Waals surface area contributed by atoms with Crippen LogP contribution < -0.4 is 20.7 Å². The average Bonchev–Trinajstić information content (AvgIpc) is 3.17. The highest BCUT2D eigenvalue weighted by atomic mass is 16.7. The standard InChI is InChI=1S/C19H22N4O5/c1-20-14(10-17(24)21(2)19(20)26)18(25)23-7-5-22(6-8-23)11-13-3-4-15-16(9-13)28-12-27-15/h3-4,9-10H,5-8,11-12H2,1-2H3. The van der Waals surface area contributed by atoms with Gasteiger partial charge in [-0.05, 0) is 17.7 Å². The van der Waals surface area contributed by atoms with E-state index in [0.717, 1.165) is 28.2 Å². The van der Waals surface area contributed by atoms with Gasteiger partial charge in [-0.25, -0.2) is 4.79 Å². The molecule has 4 rings (SSSR count). The molecule has 0 unspecified atom stereocenters. The molecule has 0 aliphatic carbocycles. The van der Waals surface area contributed by atoms with Gasteiger partial charge in [0.15, 0.2) is 11.5 Å². The monoisotopic (exact) mass is 386 g/mol. The Kier molecular flexibility index (Phi) is 4.68. The maximum absolute atomic E-state index is 12.8. The Hall–Kier alpha value is -3.07. The van der Waals surface area contributed by atoms with Crippen molar-refractivity contribution in [2.45, 2.75) is 6.54 Å². The number of nitrogens with zero attached hydrogens (tertiary/aromatic N) is 4. The van der Waals surface area contributed by atoms with Crippen LogP contribution in [0.15, 0.2) is 33.9 Å². The van der Waals surface area contributed by atoms with Crippen molar-refractivity contribution in [2.75, 3.05) is 33.0 Å². The molecule has 28 heavy (non-hydrogen) atoms. The molecule has 9 nitrogen and oxygen atoms in total. The van der Waals surface area contributed by atoms with Crippen molar-refractivity contribution in [3.05, 3.63) is 56.4 Å². The van der Waals surface area contributed by atoms with Gasteiger partial charge in [-0.15, -0.1) is 0 Å². The van der Waals surface area contributed by atoms with Crippen LogP contribution in [0, 0.1) is 0 Å². The van der Waals surface area contributed by atoms with Crippen LogP contribution in [0.25, 0.3) is 0 Å². The van der Waals surface area contributed by atoms with Crippen molar-refractivity contribution < 1.29 is 14.3 Å². The molecule has 0 spiro atoms. The molecule has 1 fully saturated rings. The summed E-state index contributed by atoms with van der Waals surface area (Å²) in [6.45, 7) is 3.49. The lowest BCUT2D eigenvalue weighted by molar-refractivity contribution is 0.0617. The topological polar surface area (TPSA) is 86.0 Å². The summed E-state index contributed by atoms with van der Waals surface area (Å²) in [5, 5.41) is 0. The molecular weight excluding hydrogens is 364 g/mol. The van der Waals surface area contributed by atoms with E-state index >= 15 is 0 Å². The largest absolute Gasteiger partial charge is 0.454 e. The zero-order chi connectivity index (χ0) is 19.8. The normalized spacial score (nSPS) is 16.4. The lowest BCUT2D eigenvalue weighted by Crippen LogP contribution is -2.50. The van der Waals surface area contributed by atoms with Crippen LogP contribution in [-0.2, 0) is 20.6 Å². The fraction of sp³-hybridized carbons (Fsp3) is 0.421. The van der Waals surface area contributed by atoms with Crippen LogP contribution in [0.3, 0.4) is 0 Å². The van der Waals surface area contributed by atoms with E-state index in [9.17, 15) is 14.4 Å². The maximum atomic E-state index is 12.8. The number of hydrogen-bond acceptors (Lipinski definition) is 6. The predicted octanol–water partition coefficient (Wildman–Crippen LogP) is -0.229. The molecule has 1 aromatic heterocycles. The molecule has 2 aliphatic rings. The summed E-state index contributed by atoms with van der Waals surface area (Å²) in [6, 6.07) is 7.13. The molecule has 0 radical (unpaired) electrons. The predicted molar refractivity (Wildman–Crippen MR) is 101 cm³/mol. The number of benzene rings is 1. The number of rotatable bonds is 3. The molecule has 0 N–H and O–H groups in total. The minimum atomic E-state index is -0.503. The number of carbonyl (C=O) groups is 1. The van der Waals surface area contributed by atoms with Gasteiger partial charge in [-0.1, -0.05) is 6.07 Å². The van der Waals surface area contributed by atoms with Crippen molar-refractivity contribution in [1.29, 1.82) is 0 Å². The lowest BCUT2D eigenvalue weighted by atomic mass is 10.1. The Morgan fingerprint density at radius 1 is 0.964 bits per heavy atom. The van der Waals surface area contributed by atoms with E-state index in [1.54, 1.807) is 4.90 Å². The van der Waals surface area contributed by atoms with E-state index in [0.29, 0.717) is 26.2 Å². The first kappa shape index (κ1) is 18.3. The first-order valence-corrected chi connectivity index (χ1v) is 9.11. The number of piperazine rings is 1. The van der Waals surface area contributed by atoms with Gasteiger partial charge in [0.05, 0.1) is 0 Å². The highest BCUT2D eigenvalue weighted by molar-refractivity contribution is 5.92. The third kappa shape index (κ3) is 3.29. The summed E-state index contributed by atoms with van der Waals surface area (Å²) in [7, 11) is 2.90. The Bertz CT molecular complexity index is 1030. The smallest absolute Gasteiger partial charge is 0.331 e. The van der Waals surface area contributed by atoms with Crippen LogP contribution in [-0.4, -0.2) is 57.8 Å². The molecule has 0 saturated carbocycles. The van der Waals surface area contributed by atoms with Gasteiger partial charge < -0.3 is 14.4 Å². The van der Waals surface area contributed by atoms with Gasteiger partial charge in [-0.2, -0.15) is 0 Å². The summed E-state index contributed by atoms with van der Waals surface area (Å²) in [6.07, 6.45) is 0. The molecule has 0 bridgehead atoms. The summed E-state index contributed by atoms with van der Waals surface area (Å²) in [4.78, 5) is 40.7. The molecule has 1 amide bonds. The molecule has 1 saturated heterocycles. The molecule has 0 atom stereocenters. The van der Waals surface area contributed by atoms with Gasteiger partial charge in [0, 0.05) is 52.9 Å². The molecule has 148 valence electrons. The fourth-order valence-corrected chi connectivity index (χ4v) is 3.51. The van der Waals surface area contributed by atoms with Crippen molar-refractivity contribution in [2.24, 2.45) is 14.1 Å². The number of fused-ring (bicyclic) bond motifs is 1. The summed E-state index contributed by atoms with van der Waals surface area (Å²) in [5.41, 5.74) is 0.264. The first-order valence-electron chi connectivity index (χ1n) is 9.11. The summed E-state index contributed by atoms with van der Waals surface area (Å²) >= 11 is 0. The second-order valence-electron chi connectivity index (χ2n) is 7.02. The number of amides is 1. The molecule has 1 aromatic carbocycles. The third-order valence-corrected chi connectivity index (χ3v) is 5.25. The zero-order valence-electron chi connectivity index (χ0n) is 15.9. The van der Waals surface area contributed by atoms with Gasteiger partial charge in [0.2, 0.25) is 6.79 Å². The van der Waals surface area contributed by atoms with Crippen molar-refractivity contribution in [1.82, 2.24) is 18.9 Å². The molecule has 3 heterocycles. The second kappa shape index (κ2) is 7.16. The molecule has 2 aliphatic heterocycles. The number of hydrogen-bond donors (Lipinski definition) is 0. The minimum Gasteiger partial charge on any atom is -0.454 e. The van der Waals surface area contributed by atoms with Crippen molar-refractivity contribution >= 4 is 5.91 Å². The van der Waals surface area contributed by atoms with Gasteiger partial charge in [0.25, 0.3) is 11.5 Å². The van der Waals surface area contributed by atoms with Crippen LogP contribution in [0.4, 0.5) is 0 Å².